The molecule has 2 fully saturated rings. The summed E-state index contributed by atoms with van der Waals surface area (Å²) in [6.45, 7) is 1.09. The van der Waals surface area contributed by atoms with E-state index in [9.17, 15) is 4.39 Å². The summed E-state index contributed by atoms with van der Waals surface area (Å²) < 4.78 is 13.5. The molecule has 3 rings (SSSR count). The third-order valence-corrected chi connectivity index (χ3v) is 5.63. The molecule has 0 bridgehead atoms. The molecule has 0 spiro atoms. The number of nitrogens with one attached hydrogen (secondary N) is 1. The van der Waals surface area contributed by atoms with Crippen molar-refractivity contribution in [1.29, 1.82) is 0 Å². The minimum atomic E-state index is -0.143. The topological polar surface area (TPSA) is 12.0 Å². The summed E-state index contributed by atoms with van der Waals surface area (Å²) >= 11 is 1.99. The number of hydrogen-bond acceptors (Lipinski definition) is 2. The van der Waals surface area contributed by atoms with Gasteiger partial charge < -0.3 is 5.32 Å². The molecule has 2 aliphatic carbocycles. The second kappa shape index (κ2) is 4.86. The second-order valence-electron chi connectivity index (χ2n) is 5.63. The second-order valence-corrected chi connectivity index (χ2v) is 6.91. The van der Waals surface area contributed by atoms with Gasteiger partial charge in [-0.1, -0.05) is 12.1 Å². The van der Waals surface area contributed by atoms with Crippen LogP contribution in [0.4, 0.5) is 4.39 Å². The van der Waals surface area contributed by atoms with E-state index in [-0.39, 0.29) is 5.82 Å². The van der Waals surface area contributed by atoms with Crippen molar-refractivity contribution in [3.8, 4) is 0 Å². The lowest BCUT2D eigenvalue weighted by Gasteiger charge is -2.22. The van der Waals surface area contributed by atoms with Gasteiger partial charge in [-0.2, -0.15) is 11.8 Å². The molecule has 0 radical (unpaired) electrons. The molecule has 18 heavy (non-hydrogen) atoms. The smallest absolute Gasteiger partial charge is 0.123 e. The molecule has 0 amide bonds. The van der Waals surface area contributed by atoms with E-state index in [0.29, 0.717) is 10.8 Å². The SMILES string of the molecule is CSC1(CNC(c2ccc(F)cc2)C2CC2)CC1. The van der Waals surface area contributed by atoms with Crippen LogP contribution >= 0.6 is 11.8 Å². The molecular weight excluding hydrogens is 245 g/mol. The maximum Gasteiger partial charge on any atom is 0.123 e. The fourth-order valence-corrected chi connectivity index (χ4v) is 3.28. The van der Waals surface area contributed by atoms with Gasteiger partial charge in [0.2, 0.25) is 0 Å². The van der Waals surface area contributed by atoms with Crippen molar-refractivity contribution in [1.82, 2.24) is 5.32 Å². The molecule has 2 aliphatic rings. The van der Waals surface area contributed by atoms with E-state index in [1.165, 1.54) is 31.2 Å². The summed E-state index contributed by atoms with van der Waals surface area (Å²) in [4.78, 5) is 0. The molecule has 1 aromatic rings. The van der Waals surface area contributed by atoms with E-state index >= 15 is 0 Å². The van der Waals surface area contributed by atoms with Gasteiger partial charge in [0.05, 0.1) is 0 Å². The maximum absolute atomic E-state index is 13.0. The molecule has 98 valence electrons. The normalized spacial score (nSPS) is 22.8. The average Bonchev–Trinajstić information content (AvgIpc) is 3.27. The fourth-order valence-electron chi connectivity index (χ4n) is 2.54. The summed E-state index contributed by atoms with van der Waals surface area (Å²) in [5.41, 5.74) is 1.25. The summed E-state index contributed by atoms with van der Waals surface area (Å²) in [6, 6.07) is 7.45. The Morgan fingerprint density at radius 1 is 1.33 bits per heavy atom. The minimum Gasteiger partial charge on any atom is -0.308 e. The molecule has 0 saturated heterocycles. The van der Waals surface area contributed by atoms with Crippen molar-refractivity contribution >= 4 is 11.8 Å². The molecule has 1 N–H and O–H groups in total. The third kappa shape index (κ3) is 2.72. The van der Waals surface area contributed by atoms with Gasteiger partial charge in [0.25, 0.3) is 0 Å². The Bertz CT molecular complexity index is 409. The van der Waals surface area contributed by atoms with E-state index < -0.39 is 0 Å². The Hall–Kier alpha value is -0.540. The Balaban J connectivity index is 1.66. The molecule has 0 aliphatic heterocycles. The number of halogens is 1. The number of thioether (sulfide) groups is 1. The molecule has 1 atom stereocenters. The Morgan fingerprint density at radius 3 is 2.50 bits per heavy atom. The van der Waals surface area contributed by atoms with E-state index in [1.807, 2.05) is 23.9 Å². The van der Waals surface area contributed by atoms with Crippen molar-refractivity contribution in [3.63, 3.8) is 0 Å². The summed E-state index contributed by atoms with van der Waals surface area (Å²) in [5.74, 6) is 0.615. The van der Waals surface area contributed by atoms with Gasteiger partial charge in [0, 0.05) is 17.3 Å². The van der Waals surface area contributed by atoms with Crippen LogP contribution in [-0.4, -0.2) is 17.5 Å². The first kappa shape index (κ1) is 12.5. The van der Waals surface area contributed by atoms with Gasteiger partial charge >= 0.3 is 0 Å². The monoisotopic (exact) mass is 265 g/mol. The van der Waals surface area contributed by atoms with Crippen LogP contribution in [-0.2, 0) is 0 Å². The van der Waals surface area contributed by atoms with E-state index in [4.69, 9.17) is 0 Å². The average molecular weight is 265 g/mol. The van der Waals surface area contributed by atoms with Crippen molar-refractivity contribution in [2.45, 2.75) is 36.5 Å². The van der Waals surface area contributed by atoms with Gasteiger partial charge in [-0.15, -0.1) is 0 Å². The van der Waals surface area contributed by atoms with Gasteiger partial charge in [0.15, 0.2) is 0 Å². The van der Waals surface area contributed by atoms with Crippen molar-refractivity contribution in [3.05, 3.63) is 35.6 Å². The summed E-state index contributed by atoms with van der Waals surface area (Å²) in [6.07, 6.45) is 7.49. The first-order valence-corrected chi connectivity index (χ1v) is 7.99. The largest absolute Gasteiger partial charge is 0.308 e. The van der Waals surface area contributed by atoms with Crippen LogP contribution < -0.4 is 5.32 Å². The third-order valence-electron chi connectivity index (χ3n) is 4.21. The summed E-state index contributed by atoms with van der Waals surface area (Å²) in [5, 5.41) is 3.73. The van der Waals surface area contributed by atoms with Crippen molar-refractivity contribution < 1.29 is 4.39 Å². The van der Waals surface area contributed by atoms with Crippen LogP contribution in [0.1, 0.15) is 37.3 Å². The van der Waals surface area contributed by atoms with E-state index in [1.54, 1.807) is 12.1 Å². The van der Waals surface area contributed by atoms with Gasteiger partial charge in [0.1, 0.15) is 5.82 Å². The van der Waals surface area contributed by atoms with Crippen molar-refractivity contribution in [2.75, 3.05) is 12.8 Å². The minimum absolute atomic E-state index is 0.143. The first-order chi connectivity index (χ1) is 8.72. The van der Waals surface area contributed by atoms with Gasteiger partial charge in [-0.05, 0) is 55.6 Å². The molecule has 1 aromatic carbocycles. The van der Waals surface area contributed by atoms with Gasteiger partial charge in [-0.25, -0.2) is 4.39 Å². The first-order valence-electron chi connectivity index (χ1n) is 6.76. The molecule has 0 aromatic heterocycles. The van der Waals surface area contributed by atoms with Crippen LogP contribution in [0.3, 0.4) is 0 Å². The molecular formula is C15H20FNS. The predicted molar refractivity (Wildman–Crippen MR) is 75.3 cm³/mol. The van der Waals surface area contributed by atoms with E-state index in [0.717, 1.165) is 12.5 Å². The Labute approximate surface area is 113 Å². The standard InChI is InChI=1S/C15H20FNS/c1-18-15(8-9-15)10-17-14(11-2-3-11)12-4-6-13(16)7-5-12/h4-7,11,14,17H,2-3,8-10H2,1H3. The number of hydrogen-bond donors (Lipinski definition) is 1. The van der Waals surface area contributed by atoms with Crippen LogP contribution in [0, 0.1) is 11.7 Å². The lowest BCUT2D eigenvalue weighted by atomic mass is 10.0. The van der Waals surface area contributed by atoms with Crippen molar-refractivity contribution in [2.24, 2.45) is 5.92 Å². The lowest BCUT2D eigenvalue weighted by molar-refractivity contribution is 0.476. The predicted octanol–water partition coefficient (Wildman–Crippen LogP) is 3.76. The number of rotatable bonds is 6. The highest BCUT2D eigenvalue weighted by Gasteiger charge is 2.43. The molecule has 1 nitrogen and oxygen atoms in total. The summed E-state index contributed by atoms with van der Waals surface area (Å²) in [7, 11) is 0. The van der Waals surface area contributed by atoms with Crippen LogP contribution in [0.5, 0.6) is 0 Å². The van der Waals surface area contributed by atoms with Crippen LogP contribution in [0.15, 0.2) is 24.3 Å². The molecule has 1 unspecified atom stereocenters. The van der Waals surface area contributed by atoms with E-state index in [2.05, 4.69) is 11.6 Å². The zero-order valence-corrected chi connectivity index (χ0v) is 11.6. The number of benzene rings is 1. The molecule has 3 heteroatoms. The maximum atomic E-state index is 13.0. The van der Waals surface area contributed by atoms with Gasteiger partial charge in [-0.3, -0.25) is 0 Å². The zero-order chi connectivity index (χ0) is 12.6. The highest BCUT2D eigenvalue weighted by Crippen LogP contribution is 2.48. The quantitative estimate of drug-likeness (QED) is 0.840. The highest BCUT2D eigenvalue weighted by molar-refractivity contribution is 8.00. The Morgan fingerprint density at radius 2 is 2.00 bits per heavy atom. The fraction of sp³-hybridized carbons (Fsp3) is 0.600. The Kier molecular flexibility index (Phi) is 3.37. The van der Waals surface area contributed by atoms with Crippen LogP contribution in [0.2, 0.25) is 0 Å². The zero-order valence-electron chi connectivity index (χ0n) is 10.8. The highest BCUT2D eigenvalue weighted by atomic mass is 32.2. The van der Waals surface area contributed by atoms with Crippen LogP contribution in [0.25, 0.3) is 0 Å². The lowest BCUT2D eigenvalue weighted by Crippen LogP contribution is -2.31. The molecule has 0 heterocycles. The molecule has 2 saturated carbocycles.